The number of rotatable bonds is 1. The highest BCUT2D eigenvalue weighted by Gasteiger charge is 2.36. The zero-order valence-electron chi connectivity index (χ0n) is 8.33. The summed E-state index contributed by atoms with van der Waals surface area (Å²) in [5.74, 6) is 0. The van der Waals surface area contributed by atoms with Crippen molar-refractivity contribution < 1.29 is 0 Å². The third-order valence-corrected chi connectivity index (χ3v) is 3.30. The lowest BCUT2D eigenvalue weighted by molar-refractivity contribution is 0.162. The molecule has 0 N–H and O–H groups in total. The van der Waals surface area contributed by atoms with E-state index in [0.29, 0.717) is 18.2 Å². The van der Waals surface area contributed by atoms with Crippen molar-refractivity contribution in [2.24, 2.45) is 0 Å². The number of hydrogen-bond acceptors (Lipinski definition) is 2. The summed E-state index contributed by atoms with van der Waals surface area (Å²) < 4.78 is 0. The Labute approximate surface area is 70.2 Å². The monoisotopic (exact) mass is 156 g/mol. The van der Waals surface area contributed by atoms with Gasteiger partial charge >= 0.3 is 0 Å². The number of nitrogens with zero attached hydrogens (tertiary/aromatic N) is 2. The van der Waals surface area contributed by atoms with Crippen LogP contribution in [0.4, 0.5) is 0 Å². The van der Waals surface area contributed by atoms with Crippen molar-refractivity contribution in [2.45, 2.75) is 45.9 Å². The zero-order chi connectivity index (χ0) is 8.59. The van der Waals surface area contributed by atoms with Crippen LogP contribution in [-0.2, 0) is 0 Å². The fourth-order valence-electron chi connectivity index (χ4n) is 2.08. The van der Waals surface area contributed by atoms with Gasteiger partial charge in [-0.1, -0.05) is 6.92 Å². The Balaban J connectivity index is 2.69. The van der Waals surface area contributed by atoms with Gasteiger partial charge in [-0.15, -0.1) is 0 Å². The Kier molecular flexibility index (Phi) is 2.55. The van der Waals surface area contributed by atoms with Gasteiger partial charge in [0, 0.05) is 12.1 Å². The third kappa shape index (κ3) is 1.30. The summed E-state index contributed by atoms with van der Waals surface area (Å²) in [4.78, 5) is 4.97. The summed E-state index contributed by atoms with van der Waals surface area (Å²) in [7, 11) is 2.21. The molecule has 2 nitrogen and oxygen atoms in total. The average Bonchev–Trinajstić information content (AvgIpc) is 2.17. The van der Waals surface area contributed by atoms with E-state index >= 15 is 0 Å². The molecule has 0 bridgehead atoms. The first-order valence-corrected chi connectivity index (χ1v) is 4.57. The predicted octanol–water partition coefficient (Wildman–Crippen LogP) is 1.38. The summed E-state index contributed by atoms with van der Waals surface area (Å²) in [5, 5.41) is 0. The molecule has 0 spiro atoms. The molecule has 0 aromatic heterocycles. The minimum Gasteiger partial charge on any atom is -0.287 e. The van der Waals surface area contributed by atoms with Crippen LogP contribution in [0.15, 0.2) is 0 Å². The fraction of sp³-hybridized carbons (Fsp3) is 1.00. The van der Waals surface area contributed by atoms with Crippen LogP contribution in [0.2, 0.25) is 0 Å². The van der Waals surface area contributed by atoms with Crippen LogP contribution in [0.1, 0.15) is 27.7 Å². The Bertz CT molecular complexity index is 122. The van der Waals surface area contributed by atoms with Crippen LogP contribution in [0.3, 0.4) is 0 Å². The van der Waals surface area contributed by atoms with Crippen LogP contribution in [0.25, 0.3) is 0 Å². The van der Waals surface area contributed by atoms with Gasteiger partial charge in [0.2, 0.25) is 0 Å². The molecule has 0 aromatic carbocycles. The van der Waals surface area contributed by atoms with Gasteiger partial charge in [-0.25, -0.2) is 0 Å². The van der Waals surface area contributed by atoms with E-state index in [-0.39, 0.29) is 0 Å². The molecule has 0 radical (unpaired) electrons. The standard InChI is InChI=1S/C9H20N2/c1-6-11-8(3)7(2)10(5)9(11)4/h7-9H,6H2,1-5H3. The third-order valence-electron chi connectivity index (χ3n) is 3.30. The van der Waals surface area contributed by atoms with Crippen LogP contribution in [-0.4, -0.2) is 41.6 Å². The second kappa shape index (κ2) is 3.11. The van der Waals surface area contributed by atoms with Gasteiger partial charge in [0.1, 0.15) is 0 Å². The number of likely N-dealkylation sites (N-methyl/N-ethyl adjacent to an activating group) is 2. The van der Waals surface area contributed by atoms with Crippen LogP contribution in [0, 0.1) is 0 Å². The molecule has 1 aliphatic rings. The maximum Gasteiger partial charge on any atom is 0.0596 e. The Morgan fingerprint density at radius 1 is 1.09 bits per heavy atom. The van der Waals surface area contributed by atoms with Gasteiger partial charge < -0.3 is 0 Å². The van der Waals surface area contributed by atoms with Gasteiger partial charge in [0.25, 0.3) is 0 Å². The smallest absolute Gasteiger partial charge is 0.0596 e. The molecule has 2 heteroatoms. The van der Waals surface area contributed by atoms with Gasteiger partial charge in [0.15, 0.2) is 0 Å². The van der Waals surface area contributed by atoms with Crippen LogP contribution in [0.5, 0.6) is 0 Å². The van der Waals surface area contributed by atoms with Crippen molar-refractivity contribution >= 4 is 0 Å². The Morgan fingerprint density at radius 3 is 1.82 bits per heavy atom. The highest BCUT2D eigenvalue weighted by atomic mass is 15.4. The molecular formula is C9H20N2. The molecule has 1 fully saturated rings. The van der Waals surface area contributed by atoms with E-state index < -0.39 is 0 Å². The topological polar surface area (TPSA) is 6.48 Å². The van der Waals surface area contributed by atoms with Crippen molar-refractivity contribution in [1.82, 2.24) is 9.80 Å². The van der Waals surface area contributed by atoms with Crippen molar-refractivity contribution in [3.8, 4) is 0 Å². The van der Waals surface area contributed by atoms with Crippen LogP contribution >= 0.6 is 0 Å². The van der Waals surface area contributed by atoms with E-state index in [1.54, 1.807) is 0 Å². The molecule has 0 amide bonds. The molecule has 0 saturated carbocycles. The molecule has 66 valence electrons. The first kappa shape index (κ1) is 9.01. The molecule has 0 aliphatic carbocycles. The summed E-state index contributed by atoms with van der Waals surface area (Å²) in [6.45, 7) is 10.3. The summed E-state index contributed by atoms with van der Waals surface area (Å²) in [5.41, 5.74) is 0. The molecular weight excluding hydrogens is 136 g/mol. The van der Waals surface area contributed by atoms with E-state index in [0.717, 1.165) is 6.54 Å². The molecule has 1 rings (SSSR count). The molecule has 3 atom stereocenters. The highest BCUT2D eigenvalue weighted by molar-refractivity contribution is 4.89. The van der Waals surface area contributed by atoms with Crippen molar-refractivity contribution in [3.05, 3.63) is 0 Å². The minimum absolute atomic E-state index is 0.616. The fourth-order valence-corrected chi connectivity index (χ4v) is 2.08. The normalized spacial score (nSPS) is 41.7. The molecule has 11 heavy (non-hydrogen) atoms. The second-order valence-electron chi connectivity index (χ2n) is 3.61. The van der Waals surface area contributed by atoms with Gasteiger partial charge in [-0.05, 0) is 34.4 Å². The van der Waals surface area contributed by atoms with E-state index in [1.165, 1.54) is 0 Å². The Morgan fingerprint density at radius 2 is 1.64 bits per heavy atom. The lowest BCUT2D eigenvalue weighted by Crippen LogP contribution is -2.36. The van der Waals surface area contributed by atoms with Gasteiger partial charge in [-0.3, -0.25) is 9.80 Å². The molecule has 3 unspecified atom stereocenters. The molecule has 1 aliphatic heterocycles. The first-order chi connectivity index (χ1) is 5.09. The van der Waals surface area contributed by atoms with Gasteiger partial charge in [-0.2, -0.15) is 0 Å². The zero-order valence-corrected chi connectivity index (χ0v) is 8.33. The second-order valence-corrected chi connectivity index (χ2v) is 3.61. The largest absolute Gasteiger partial charge is 0.287 e. The van der Waals surface area contributed by atoms with Crippen LogP contribution < -0.4 is 0 Å². The highest BCUT2D eigenvalue weighted by Crippen LogP contribution is 2.23. The van der Waals surface area contributed by atoms with E-state index in [4.69, 9.17) is 0 Å². The lowest BCUT2D eigenvalue weighted by atomic mass is 10.2. The maximum absolute atomic E-state index is 2.53. The predicted molar refractivity (Wildman–Crippen MR) is 48.5 cm³/mol. The minimum atomic E-state index is 0.616. The summed E-state index contributed by atoms with van der Waals surface area (Å²) >= 11 is 0. The van der Waals surface area contributed by atoms with Crippen molar-refractivity contribution in [3.63, 3.8) is 0 Å². The van der Waals surface area contributed by atoms with E-state index in [9.17, 15) is 0 Å². The summed E-state index contributed by atoms with van der Waals surface area (Å²) in [6.07, 6.45) is 0.616. The lowest BCUT2D eigenvalue weighted by Gasteiger charge is -2.24. The molecule has 0 aromatic rings. The SMILES string of the molecule is CCN1C(C)C(C)N(C)C1C. The Hall–Kier alpha value is -0.0800. The summed E-state index contributed by atoms with van der Waals surface area (Å²) in [6, 6.07) is 1.41. The molecule has 1 saturated heterocycles. The van der Waals surface area contributed by atoms with Crippen molar-refractivity contribution in [1.29, 1.82) is 0 Å². The number of hydrogen-bond donors (Lipinski definition) is 0. The quantitative estimate of drug-likeness (QED) is 0.566. The van der Waals surface area contributed by atoms with Gasteiger partial charge in [0.05, 0.1) is 6.17 Å². The molecule has 1 heterocycles. The first-order valence-electron chi connectivity index (χ1n) is 4.57. The van der Waals surface area contributed by atoms with E-state index in [1.807, 2.05) is 0 Å². The van der Waals surface area contributed by atoms with E-state index in [2.05, 4.69) is 44.5 Å². The van der Waals surface area contributed by atoms with Crippen molar-refractivity contribution in [2.75, 3.05) is 13.6 Å². The maximum atomic E-state index is 2.53. The average molecular weight is 156 g/mol.